The van der Waals surface area contributed by atoms with Crippen molar-refractivity contribution in [3.63, 3.8) is 0 Å². The summed E-state index contributed by atoms with van der Waals surface area (Å²) in [5.41, 5.74) is 2.60. The van der Waals surface area contributed by atoms with E-state index in [2.05, 4.69) is 14.7 Å². The Labute approximate surface area is 109 Å². The van der Waals surface area contributed by atoms with Crippen molar-refractivity contribution in [3.8, 4) is 6.01 Å². The number of hydrogen-bond donors (Lipinski definition) is 2. The molecule has 1 heterocycles. The van der Waals surface area contributed by atoms with Crippen molar-refractivity contribution in [2.45, 2.75) is 26.7 Å². The molecule has 0 fully saturated rings. The van der Waals surface area contributed by atoms with Crippen molar-refractivity contribution in [2.75, 3.05) is 0 Å². The molecular formula is C13H14N2O4. The van der Waals surface area contributed by atoms with Crippen LogP contribution in [-0.2, 0) is 0 Å². The molecule has 0 radical (unpaired) electrons. The molecule has 6 nitrogen and oxygen atoms in total. The number of aromatic nitrogens is 2. The number of aryl methyl sites for hydroxylation is 1. The molecule has 0 aliphatic heterocycles. The number of imidazole rings is 1. The zero-order valence-corrected chi connectivity index (χ0v) is 10.7. The van der Waals surface area contributed by atoms with Crippen LogP contribution in [0.2, 0.25) is 0 Å². The molecule has 0 saturated carbocycles. The van der Waals surface area contributed by atoms with E-state index in [1.807, 2.05) is 13.8 Å². The number of nitrogens with one attached hydrogen (secondary N) is 1. The predicted octanol–water partition coefficient (Wildman–Crippen LogP) is 2.91. The van der Waals surface area contributed by atoms with E-state index < -0.39 is 6.16 Å². The highest BCUT2D eigenvalue weighted by atomic mass is 16.7. The van der Waals surface area contributed by atoms with Crippen molar-refractivity contribution in [2.24, 2.45) is 0 Å². The summed E-state index contributed by atoms with van der Waals surface area (Å²) in [5, 5.41) is 8.52. The van der Waals surface area contributed by atoms with Crippen molar-refractivity contribution in [3.05, 3.63) is 23.3 Å². The maximum absolute atomic E-state index is 11.9. The van der Waals surface area contributed by atoms with E-state index >= 15 is 0 Å². The second-order valence-corrected chi connectivity index (χ2v) is 4.27. The van der Waals surface area contributed by atoms with Crippen molar-refractivity contribution < 1.29 is 19.4 Å². The van der Waals surface area contributed by atoms with Gasteiger partial charge in [-0.15, -0.1) is 0 Å². The van der Waals surface area contributed by atoms with Crippen LogP contribution in [0.3, 0.4) is 0 Å². The molecule has 0 aliphatic rings. The number of ketones is 1. The van der Waals surface area contributed by atoms with Gasteiger partial charge in [-0.2, -0.15) is 4.98 Å². The number of carbonyl (C=O) groups is 2. The first-order valence-electron chi connectivity index (χ1n) is 5.95. The van der Waals surface area contributed by atoms with Gasteiger partial charge in [0.05, 0.1) is 11.0 Å². The molecule has 0 amide bonds. The third-order valence-corrected chi connectivity index (χ3v) is 2.77. The second-order valence-electron chi connectivity index (χ2n) is 4.27. The topological polar surface area (TPSA) is 92.3 Å². The summed E-state index contributed by atoms with van der Waals surface area (Å²) < 4.78 is 4.45. The Hall–Kier alpha value is -2.37. The number of H-pyrrole nitrogens is 1. The van der Waals surface area contributed by atoms with E-state index in [4.69, 9.17) is 5.11 Å². The number of rotatable bonds is 4. The summed E-state index contributed by atoms with van der Waals surface area (Å²) in [4.78, 5) is 29.1. The molecule has 0 atom stereocenters. The average molecular weight is 262 g/mol. The number of carbonyl (C=O) groups excluding carboxylic acids is 1. The van der Waals surface area contributed by atoms with Gasteiger partial charge in [0.2, 0.25) is 0 Å². The summed E-state index contributed by atoms with van der Waals surface area (Å²) in [6, 6.07) is 3.33. The molecule has 6 heteroatoms. The fourth-order valence-electron chi connectivity index (χ4n) is 1.93. The van der Waals surface area contributed by atoms with E-state index in [9.17, 15) is 9.59 Å². The number of nitrogens with zero attached hydrogens (tertiary/aromatic N) is 1. The molecule has 0 unspecified atom stereocenters. The van der Waals surface area contributed by atoms with Gasteiger partial charge in [-0.3, -0.25) is 4.79 Å². The minimum absolute atomic E-state index is 0.0607. The first-order chi connectivity index (χ1) is 9.01. The van der Waals surface area contributed by atoms with Crippen LogP contribution in [0.1, 0.15) is 35.7 Å². The number of fused-ring (bicyclic) bond motifs is 1. The van der Waals surface area contributed by atoms with Gasteiger partial charge in [0.15, 0.2) is 5.78 Å². The zero-order valence-electron chi connectivity index (χ0n) is 10.7. The van der Waals surface area contributed by atoms with Crippen LogP contribution < -0.4 is 4.74 Å². The van der Waals surface area contributed by atoms with E-state index in [0.29, 0.717) is 23.0 Å². The van der Waals surface area contributed by atoms with Gasteiger partial charge in [-0.05, 0) is 31.0 Å². The van der Waals surface area contributed by atoms with Crippen molar-refractivity contribution in [1.82, 2.24) is 9.97 Å². The van der Waals surface area contributed by atoms with Gasteiger partial charge in [0, 0.05) is 12.0 Å². The van der Waals surface area contributed by atoms with Crippen molar-refractivity contribution in [1.29, 1.82) is 0 Å². The number of hydrogen-bond acceptors (Lipinski definition) is 4. The maximum atomic E-state index is 11.9. The smallest absolute Gasteiger partial charge is 0.449 e. The second kappa shape index (κ2) is 5.09. The number of carboxylic acid groups (broad SMARTS) is 1. The molecule has 2 aromatic rings. The van der Waals surface area contributed by atoms with E-state index in [1.165, 1.54) is 0 Å². The molecular weight excluding hydrogens is 248 g/mol. The van der Waals surface area contributed by atoms with Crippen LogP contribution in [0.25, 0.3) is 11.0 Å². The minimum atomic E-state index is -1.43. The summed E-state index contributed by atoms with van der Waals surface area (Å²) in [6.45, 7) is 3.78. The molecule has 1 aromatic heterocycles. The van der Waals surface area contributed by atoms with Gasteiger partial charge in [0.25, 0.3) is 0 Å². The molecule has 100 valence electrons. The fraction of sp³-hybridized carbons (Fsp3) is 0.308. The maximum Gasteiger partial charge on any atom is 0.513 e. The van der Waals surface area contributed by atoms with Gasteiger partial charge < -0.3 is 14.8 Å². The predicted molar refractivity (Wildman–Crippen MR) is 68.7 cm³/mol. The van der Waals surface area contributed by atoms with E-state index in [-0.39, 0.29) is 11.8 Å². The summed E-state index contributed by atoms with van der Waals surface area (Å²) in [5.74, 6) is 0.0607. The summed E-state index contributed by atoms with van der Waals surface area (Å²) in [7, 11) is 0. The quantitative estimate of drug-likeness (QED) is 0.652. The Morgan fingerprint density at radius 3 is 2.79 bits per heavy atom. The Kier molecular flexibility index (Phi) is 3.50. The number of ether oxygens (including phenoxy) is 1. The largest absolute Gasteiger partial charge is 0.513 e. The first kappa shape index (κ1) is 13.1. The van der Waals surface area contributed by atoms with Crippen LogP contribution >= 0.6 is 0 Å². The van der Waals surface area contributed by atoms with Gasteiger partial charge in [-0.25, -0.2) is 4.79 Å². The standard InChI is InChI=1S/C13H14N2O4/c1-3-4-11(16)8-6-10-9(5-7(8)2)14-12(15-10)19-13(17)18/h5-6H,3-4H2,1-2H3,(H,14,15)(H,17,18). The Balaban J connectivity index is 2.43. The van der Waals surface area contributed by atoms with Gasteiger partial charge >= 0.3 is 12.2 Å². The molecule has 0 spiro atoms. The lowest BCUT2D eigenvalue weighted by molar-refractivity contribution is 0.0981. The summed E-state index contributed by atoms with van der Waals surface area (Å²) >= 11 is 0. The Morgan fingerprint density at radius 1 is 1.42 bits per heavy atom. The number of aromatic amines is 1. The number of benzene rings is 1. The first-order valence-corrected chi connectivity index (χ1v) is 5.95. The molecule has 1 aromatic carbocycles. The lowest BCUT2D eigenvalue weighted by Crippen LogP contribution is -2.03. The lowest BCUT2D eigenvalue weighted by atomic mass is 10.0. The minimum Gasteiger partial charge on any atom is -0.449 e. The summed E-state index contributed by atoms with van der Waals surface area (Å²) in [6.07, 6.45) is -0.169. The third-order valence-electron chi connectivity index (χ3n) is 2.77. The van der Waals surface area contributed by atoms with Crippen LogP contribution in [0.5, 0.6) is 6.01 Å². The van der Waals surface area contributed by atoms with Crippen LogP contribution in [0, 0.1) is 6.92 Å². The van der Waals surface area contributed by atoms with Crippen LogP contribution in [0.4, 0.5) is 4.79 Å². The normalized spacial score (nSPS) is 10.6. The zero-order chi connectivity index (χ0) is 14.0. The van der Waals surface area contributed by atoms with Crippen LogP contribution in [0.15, 0.2) is 12.1 Å². The SMILES string of the molecule is CCCC(=O)c1cc2nc(OC(=O)O)[nH]c2cc1C. The van der Waals surface area contributed by atoms with Crippen molar-refractivity contribution >= 4 is 23.0 Å². The highest BCUT2D eigenvalue weighted by Crippen LogP contribution is 2.22. The molecule has 0 aliphatic carbocycles. The molecule has 0 saturated heterocycles. The van der Waals surface area contributed by atoms with Crippen LogP contribution in [-0.4, -0.2) is 27.0 Å². The Bertz CT molecular complexity index is 645. The van der Waals surface area contributed by atoms with E-state index in [1.54, 1.807) is 12.1 Å². The lowest BCUT2D eigenvalue weighted by Gasteiger charge is -2.03. The van der Waals surface area contributed by atoms with Gasteiger partial charge in [-0.1, -0.05) is 6.92 Å². The molecule has 2 rings (SSSR count). The highest BCUT2D eigenvalue weighted by Gasteiger charge is 2.13. The Morgan fingerprint density at radius 2 is 2.16 bits per heavy atom. The molecule has 2 N–H and O–H groups in total. The number of Topliss-reactive ketones (excluding diaryl/α,β-unsaturated/α-hetero) is 1. The highest BCUT2D eigenvalue weighted by molar-refractivity contribution is 6.00. The fourth-order valence-corrected chi connectivity index (χ4v) is 1.93. The monoisotopic (exact) mass is 262 g/mol. The van der Waals surface area contributed by atoms with E-state index in [0.717, 1.165) is 12.0 Å². The van der Waals surface area contributed by atoms with Gasteiger partial charge in [0.1, 0.15) is 0 Å². The molecule has 0 bridgehead atoms. The molecule has 19 heavy (non-hydrogen) atoms. The average Bonchev–Trinajstić information content (AvgIpc) is 2.68. The third kappa shape index (κ3) is 2.73.